The number of rotatable bonds is 6. The number of benzene rings is 3. The fourth-order valence-corrected chi connectivity index (χ4v) is 2.56. The molecule has 0 saturated heterocycles. The average molecular weight is 422 g/mol. The number of hydrogen-bond donors (Lipinski definition) is 2. The van der Waals surface area contributed by atoms with E-state index in [1.54, 1.807) is 36.4 Å². The molecule has 0 atom stereocenters. The van der Waals surface area contributed by atoms with Crippen molar-refractivity contribution in [1.29, 1.82) is 0 Å². The normalized spacial score (nSPS) is 10.6. The highest BCUT2D eigenvalue weighted by Gasteiger charge is 2.12. The summed E-state index contributed by atoms with van der Waals surface area (Å²) in [6.45, 7) is 2.52. The minimum atomic E-state index is -0.876. The second-order valence-corrected chi connectivity index (χ2v) is 6.94. The number of ether oxygens (including phenoxy) is 1. The maximum Gasteiger partial charge on any atom is 0.329 e. The quantitative estimate of drug-likeness (QED) is 0.353. The van der Waals surface area contributed by atoms with Crippen LogP contribution in [0.25, 0.3) is 0 Å². The molecule has 152 valence electrons. The Hall–Kier alpha value is -3.64. The van der Waals surface area contributed by atoms with Crippen molar-refractivity contribution in [2.75, 3.05) is 5.32 Å². The number of carbonyl (C=O) groups excluding carboxylic acids is 2. The van der Waals surface area contributed by atoms with Crippen LogP contribution in [0.3, 0.4) is 0 Å². The maximum absolute atomic E-state index is 11.8. The number of carbonyl (C=O) groups is 2. The molecule has 0 aliphatic rings. The molecule has 0 fully saturated rings. The molecule has 0 bridgehead atoms. The number of hydrogen-bond acceptors (Lipinski definition) is 4. The van der Waals surface area contributed by atoms with Gasteiger partial charge in [-0.2, -0.15) is 5.10 Å². The molecular formula is C23H20ClN3O3. The molecule has 0 spiro atoms. The lowest BCUT2D eigenvalue weighted by Gasteiger charge is -2.07. The highest BCUT2D eigenvalue weighted by Crippen LogP contribution is 2.14. The van der Waals surface area contributed by atoms with Crippen LogP contribution in [0.1, 0.15) is 16.7 Å². The Bertz CT molecular complexity index is 1030. The molecule has 7 heteroatoms. The highest BCUT2D eigenvalue weighted by molar-refractivity contribution is 6.39. The third-order valence-corrected chi connectivity index (χ3v) is 4.35. The molecule has 2 N–H and O–H groups in total. The van der Waals surface area contributed by atoms with Crippen molar-refractivity contribution in [2.24, 2.45) is 5.10 Å². The molecule has 6 nitrogen and oxygen atoms in total. The smallest absolute Gasteiger partial charge is 0.329 e. The zero-order valence-corrected chi connectivity index (χ0v) is 17.0. The summed E-state index contributed by atoms with van der Waals surface area (Å²) in [4.78, 5) is 23.7. The van der Waals surface area contributed by atoms with Gasteiger partial charge in [0.05, 0.1) is 6.21 Å². The van der Waals surface area contributed by atoms with Crippen LogP contribution in [0.2, 0.25) is 5.02 Å². The van der Waals surface area contributed by atoms with Gasteiger partial charge in [-0.1, -0.05) is 41.4 Å². The number of anilines is 1. The van der Waals surface area contributed by atoms with Gasteiger partial charge in [0.2, 0.25) is 0 Å². The van der Waals surface area contributed by atoms with Crippen LogP contribution in [0.15, 0.2) is 77.9 Å². The summed E-state index contributed by atoms with van der Waals surface area (Å²) in [5.74, 6) is -0.979. The first-order chi connectivity index (χ1) is 14.5. The third-order valence-electron chi connectivity index (χ3n) is 4.09. The third kappa shape index (κ3) is 6.46. The van der Waals surface area contributed by atoms with Crippen molar-refractivity contribution in [2.45, 2.75) is 13.5 Å². The number of amides is 2. The predicted octanol–water partition coefficient (Wildman–Crippen LogP) is 4.32. The largest absolute Gasteiger partial charge is 0.489 e. The van der Waals surface area contributed by atoms with Gasteiger partial charge in [0.25, 0.3) is 0 Å². The summed E-state index contributed by atoms with van der Waals surface area (Å²) in [6.07, 6.45) is 1.44. The Morgan fingerprint density at radius 1 is 0.933 bits per heavy atom. The zero-order valence-electron chi connectivity index (χ0n) is 16.3. The monoisotopic (exact) mass is 421 g/mol. The lowest BCUT2D eigenvalue weighted by atomic mass is 10.2. The average Bonchev–Trinajstić information content (AvgIpc) is 2.76. The van der Waals surface area contributed by atoms with Crippen molar-refractivity contribution in [3.63, 3.8) is 0 Å². The van der Waals surface area contributed by atoms with E-state index in [1.165, 1.54) is 11.8 Å². The molecular weight excluding hydrogens is 402 g/mol. The van der Waals surface area contributed by atoms with E-state index in [9.17, 15) is 9.59 Å². The van der Waals surface area contributed by atoms with Gasteiger partial charge in [0, 0.05) is 10.7 Å². The molecule has 0 aliphatic heterocycles. The standard InChI is InChI=1S/C23H20ClN3O3/c1-16-2-4-18(5-3-16)15-30-21-12-6-17(7-13-21)14-25-27-23(29)22(28)26-20-10-8-19(24)9-11-20/h2-14H,15H2,1H3,(H,26,28)(H,27,29). The van der Waals surface area contributed by atoms with E-state index in [-0.39, 0.29) is 0 Å². The highest BCUT2D eigenvalue weighted by atomic mass is 35.5. The van der Waals surface area contributed by atoms with Gasteiger partial charge in [-0.25, -0.2) is 5.43 Å². The van der Waals surface area contributed by atoms with Crippen molar-refractivity contribution in [1.82, 2.24) is 5.43 Å². The summed E-state index contributed by atoms with van der Waals surface area (Å²) in [7, 11) is 0. The fourth-order valence-electron chi connectivity index (χ4n) is 2.44. The van der Waals surface area contributed by atoms with Gasteiger partial charge in [-0.05, 0) is 66.6 Å². The van der Waals surface area contributed by atoms with Crippen LogP contribution in [-0.2, 0) is 16.2 Å². The van der Waals surface area contributed by atoms with E-state index in [1.807, 2.05) is 43.3 Å². The summed E-state index contributed by atoms with van der Waals surface area (Å²) >= 11 is 5.78. The van der Waals surface area contributed by atoms with Gasteiger partial charge in [-0.3, -0.25) is 9.59 Å². The van der Waals surface area contributed by atoms with E-state index >= 15 is 0 Å². The molecule has 0 aliphatic carbocycles. The van der Waals surface area contributed by atoms with Crippen LogP contribution < -0.4 is 15.5 Å². The Labute approximate surface area is 179 Å². The minimum absolute atomic E-state index is 0.463. The number of hydrazone groups is 1. The van der Waals surface area contributed by atoms with Crippen molar-refractivity contribution < 1.29 is 14.3 Å². The molecule has 3 rings (SSSR count). The Morgan fingerprint density at radius 2 is 1.60 bits per heavy atom. The maximum atomic E-state index is 11.8. The summed E-state index contributed by atoms with van der Waals surface area (Å²) in [5.41, 5.74) is 5.69. The molecule has 0 radical (unpaired) electrons. The molecule has 30 heavy (non-hydrogen) atoms. The lowest BCUT2D eigenvalue weighted by molar-refractivity contribution is -0.136. The van der Waals surface area contributed by atoms with Crippen molar-refractivity contribution in [3.8, 4) is 5.75 Å². The zero-order chi connectivity index (χ0) is 21.3. The van der Waals surface area contributed by atoms with Crippen LogP contribution in [0.5, 0.6) is 5.75 Å². The minimum Gasteiger partial charge on any atom is -0.489 e. The van der Waals surface area contributed by atoms with Crippen LogP contribution >= 0.6 is 11.6 Å². The Kier molecular flexibility index (Phi) is 7.19. The molecule has 3 aromatic carbocycles. The number of nitrogens with zero attached hydrogens (tertiary/aromatic N) is 1. The van der Waals surface area contributed by atoms with Crippen LogP contribution in [0.4, 0.5) is 5.69 Å². The Balaban J connectivity index is 1.46. The first-order valence-corrected chi connectivity index (χ1v) is 9.56. The van der Waals surface area contributed by atoms with Crippen molar-refractivity contribution in [3.05, 3.63) is 94.5 Å². The van der Waals surface area contributed by atoms with Gasteiger partial charge < -0.3 is 10.1 Å². The van der Waals surface area contributed by atoms with E-state index < -0.39 is 11.8 Å². The molecule has 0 heterocycles. The summed E-state index contributed by atoms with van der Waals surface area (Å²) < 4.78 is 5.75. The van der Waals surface area contributed by atoms with Crippen LogP contribution in [0, 0.1) is 6.92 Å². The predicted molar refractivity (Wildman–Crippen MR) is 118 cm³/mol. The summed E-state index contributed by atoms with van der Waals surface area (Å²) in [6, 6.07) is 21.8. The molecule has 0 aromatic heterocycles. The molecule has 0 saturated carbocycles. The van der Waals surface area contributed by atoms with Gasteiger partial charge in [0.15, 0.2) is 0 Å². The fraction of sp³-hybridized carbons (Fsp3) is 0.0870. The second kappa shape index (κ2) is 10.2. The van der Waals surface area contributed by atoms with E-state index in [0.29, 0.717) is 17.3 Å². The number of aryl methyl sites for hydroxylation is 1. The first kappa shape index (κ1) is 21.1. The van der Waals surface area contributed by atoms with E-state index in [0.717, 1.165) is 16.9 Å². The second-order valence-electron chi connectivity index (χ2n) is 6.50. The van der Waals surface area contributed by atoms with E-state index in [2.05, 4.69) is 15.8 Å². The number of nitrogens with one attached hydrogen (secondary N) is 2. The molecule has 3 aromatic rings. The summed E-state index contributed by atoms with van der Waals surface area (Å²) in [5, 5.41) is 6.79. The van der Waals surface area contributed by atoms with Gasteiger partial charge >= 0.3 is 11.8 Å². The number of halogens is 1. The SMILES string of the molecule is Cc1ccc(COc2ccc(C=NNC(=O)C(=O)Nc3ccc(Cl)cc3)cc2)cc1. The van der Waals surface area contributed by atoms with Crippen LogP contribution in [-0.4, -0.2) is 18.0 Å². The van der Waals surface area contributed by atoms with Gasteiger partial charge in [0.1, 0.15) is 12.4 Å². The van der Waals surface area contributed by atoms with E-state index in [4.69, 9.17) is 16.3 Å². The Morgan fingerprint density at radius 3 is 2.27 bits per heavy atom. The molecule has 2 amide bonds. The molecule has 0 unspecified atom stereocenters. The van der Waals surface area contributed by atoms with Gasteiger partial charge in [-0.15, -0.1) is 0 Å². The topological polar surface area (TPSA) is 79.8 Å². The van der Waals surface area contributed by atoms with Crippen molar-refractivity contribution >= 4 is 35.3 Å². The first-order valence-electron chi connectivity index (χ1n) is 9.18. The lowest BCUT2D eigenvalue weighted by Crippen LogP contribution is -2.32.